The lowest BCUT2D eigenvalue weighted by atomic mass is 10.1. The van der Waals surface area contributed by atoms with Crippen LogP contribution in [0.3, 0.4) is 0 Å². The van der Waals surface area contributed by atoms with E-state index in [1.807, 2.05) is 23.6 Å². The van der Waals surface area contributed by atoms with Crippen LogP contribution in [0.2, 0.25) is 0 Å². The maximum atomic E-state index is 12.1. The zero-order valence-electron chi connectivity index (χ0n) is 17.2. The first-order chi connectivity index (χ1) is 12.5. The van der Waals surface area contributed by atoms with Crippen molar-refractivity contribution < 1.29 is 9.59 Å². The fraction of sp³-hybridized carbons (Fsp3) is 0.842. The summed E-state index contributed by atoms with van der Waals surface area (Å²) in [5.74, 6) is 1.33. The molecule has 0 radical (unpaired) electrons. The van der Waals surface area contributed by atoms with Gasteiger partial charge < -0.3 is 20.4 Å². The van der Waals surface area contributed by atoms with Gasteiger partial charge in [0.05, 0.1) is 0 Å². The first-order valence-electron chi connectivity index (χ1n) is 10.0. The minimum atomic E-state index is 0. The number of rotatable bonds is 7. The fourth-order valence-corrected chi connectivity index (χ4v) is 3.82. The molecule has 2 fully saturated rings. The topological polar surface area (TPSA) is 77.0 Å². The molecule has 2 saturated heterocycles. The van der Waals surface area contributed by atoms with E-state index in [-0.39, 0.29) is 41.8 Å². The van der Waals surface area contributed by atoms with E-state index < -0.39 is 0 Å². The van der Waals surface area contributed by atoms with Gasteiger partial charge in [0.25, 0.3) is 0 Å². The zero-order valence-corrected chi connectivity index (χ0v) is 19.5. The zero-order chi connectivity index (χ0) is 19.1. The molecule has 0 aromatic rings. The predicted molar refractivity (Wildman–Crippen MR) is 119 cm³/mol. The van der Waals surface area contributed by atoms with Crippen LogP contribution < -0.4 is 10.6 Å². The predicted octanol–water partition coefficient (Wildman–Crippen LogP) is 1.82. The maximum absolute atomic E-state index is 12.1. The molecule has 2 unspecified atom stereocenters. The molecule has 0 bridgehead atoms. The lowest BCUT2D eigenvalue weighted by Gasteiger charge is -2.27. The molecule has 0 aliphatic carbocycles. The highest BCUT2D eigenvalue weighted by Crippen LogP contribution is 2.17. The van der Waals surface area contributed by atoms with Crippen LogP contribution in [-0.2, 0) is 9.59 Å². The highest BCUT2D eigenvalue weighted by molar-refractivity contribution is 14.0. The summed E-state index contributed by atoms with van der Waals surface area (Å²) in [6.45, 7) is 9.24. The lowest BCUT2D eigenvalue weighted by Crippen LogP contribution is -2.46. The van der Waals surface area contributed by atoms with Crippen molar-refractivity contribution in [2.24, 2.45) is 10.9 Å². The largest absolute Gasteiger partial charge is 0.356 e. The van der Waals surface area contributed by atoms with Crippen LogP contribution in [0.25, 0.3) is 0 Å². The third-order valence-electron chi connectivity index (χ3n) is 5.35. The molecule has 7 nitrogen and oxygen atoms in total. The second-order valence-corrected chi connectivity index (χ2v) is 7.61. The second-order valence-electron chi connectivity index (χ2n) is 7.61. The minimum absolute atomic E-state index is 0. The van der Waals surface area contributed by atoms with Crippen LogP contribution in [0.15, 0.2) is 4.99 Å². The summed E-state index contributed by atoms with van der Waals surface area (Å²) in [7, 11) is 1.77. The van der Waals surface area contributed by atoms with Gasteiger partial charge in [-0.3, -0.25) is 14.6 Å². The first kappa shape index (κ1) is 24.0. The Labute approximate surface area is 180 Å². The van der Waals surface area contributed by atoms with Gasteiger partial charge in [0.2, 0.25) is 11.8 Å². The van der Waals surface area contributed by atoms with Gasteiger partial charge in [-0.15, -0.1) is 24.0 Å². The third kappa shape index (κ3) is 6.80. The molecule has 2 amide bonds. The number of aliphatic imine (C=N–C) groups is 1. The number of hydrogen-bond donors (Lipinski definition) is 2. The summed E-state index contributed by atoms with van der Waals surface area (Å²) in [5.41, 5.74) is 0. The summed E-state index contributed by atoms with van der Waals surface area (Å²) < 4.78 is 0. The van der Waals surface area contributed by atoms with Gasteiger partial charge in [0.1, 0.15) is 0 Å². The Balaban J connectivity index is 0.00000364. The number of amides is 2. The SMILES string of the molecule is CCC(CCNC(=NC)NC1CCN(C(=O)C(C)C)C1)N1CCCC1=O.I. The lowest BCUT2D eigenvalue weighted by molar-refractivity contribution is -0.133. The number of carbonyl (C=O) groups excluding carboxylic acids is 2. The Morgan fingerprint density at radius 1 is 1.33 bits per heavy atom. The quantitative estimate of drug-likeness (QED) is 0.322. The molecule has 0 saturated carbocycles. The molecule has 0 spiro atoms. The Hall–Kier alpha value is -1.06. The van der Waals surface area contributed by atoms with Crippen molar-refractivity contribution in [3.05, 3.63) is 0 Å². The summed E-state index contributed by atoms with van der Waals surface area (Å²) >= 11 is 0. The van der Waals surface area contributed by atoms with Crippen LogP contribution in [0.1, 0.15) is 52.9 Å². The van der Waals surface area contributed by atoms with Gasteiger partial charge >= 0.3 is 0 Å². The van der Waals surface area contributed by atoms with Crippen LogP contribution in [0.5, 0.6) is 0 Å². The van der Waals surface area contributed by atoms with Crippen molar-refractivity contribution in [2.75, 3.05) is 33.2 Å². The Morgan fingerprint density at radius 3 is 2.63 bits per heavy atom. The minimum Gasteiger partial charge on any atom is -0.356 e. The molecule has 156 valence electrons. The molecule has 27 heavy (non-hydrogen) atoms. The molecular weight excluding hydrogens is 457 g/mol. The van der Waals surface area contributed by atoms with Crippen molar-refractivity contribution in [3.63, 3.8) is 0 Å². The fourth-order valence-electron chi connectivity index (χ4n) is 3.82. The first-order valence-corrected chi connectivity index (χ1v) is 10.0. The molecule has 2 N–H and O–H groups in total. The van der Waals surface area contributed by atoms with Crippen molar-refractivity contribution in [1.82, 2.24) is 20.4 Å². The van der Waals surface area contributed by atoms with Crippen LogP contribution in [0.4, 0.5) is 0 Å². The van der Waals surface area contributed by atoms with E-state index in [1.54, 1.807) is 7.05 Å². The van der Waals surface area contributed by atoms with Crippen molar-refractivity contribution >= 4 is 41.8 Å². The summed E-state index contributed by atoms with van der Waals surface area (Å²) in [6, 6.07) is 0.548. The third-order valence-corrected chi connectivity index (χ3v) is 5.35. The average Bonchev–Trinajstić information content (AvgIpc) is 3.26. The van der Waals surface area contributed by atoms with Crippen LogP contribution in [-0.4, -0.2) is 72.9 Å². The van der Waals surface area contributed by atoms with Crippen molar-refractivity contribution in [3.8, 4) is 0 Å². The molecule has 8 heteroatoms. The van der Waals surface area contributed by atoms with Crippen molar-refractivity contribution in [1.29, 1.82) is 0 Å². The number of nitrogens with one attached hydrogen (secondary N) is 2. The van der Waals surface area contributed by atoms with Gasteiger partial charge in [-0.1, -0.05) is 20.8 Å². The monoisotopic (exact) mass is 493 g/mol. The van der Waals surface area contributed by atoms with Gasteiger partial charge in [-0.05, 0) is 25.7 Å². The normalized spacial score (nSPS) is 21.4. The summed E-state index contributed by atoms with van der Waals surface area (Å²) in [6.07, 6.45) is 4.53. The molecule has 2 aliphatic rings. The molecule has 0 aromatic carbocycles. The highest BCUT2D eigenvalue weighted by atomic mass is 127. The van der Waals surface area contributed by atoms with Crippen LogP contribution in [0, 0.1) is 5.92 Å². The number of guanidine groups is 1. The summed E-state index contributed by atoms with van der Waals surface area (Å²) in [5, 5.41) is 6.79. The Morgan fingerprint density at radius 2 is 2.07 bits per heavy atom. The van der Waals surface area contributed by atoms with Crippen molar-refractivity contribution in [2.45, 2.75) is 65.0 Å². The Bertz CT molecular complexity index is 526. The highest BCUT2D eigenvalue weighted by Gasteiger charge is 2.28. The number of nitrogens with zero attached hydrogens (tertiary/aromatic N) is 3. The van der Waals surface area contributed by atoms with Crippen LogP contribution >= 0.6 is 24.0 Å². The number of carbonyl (C=O) groups is 2. The molecule has 0 aromatic heterocycles. The van der Waals surface area contributed by atoms with E-state index in [0.29, 0.717) is 18.4 Å². The number of hydrogen-bond acceptors (Lipinski definition) is 3. The van der Waals surface area contributed by atoms with Gasteiger partial charge in [-0.2, -0.15) is 0 Å². The number of halogens is 1. The molecule has 2 heterocycles. The van der Waals surface area contributed by atoms with E-state index in [0.717, 1.165) is 57.8 Å². The van der Waals surface area contributed by atoms with E-state index >= 15 is 0 Å². The standard InChI is InChI=1S/C19H35N5O2.HI/c1-5-16(24-11-6-7-17(24)25)8-10-21-19(20-4)22-15-9-12-23(13-15)18(26)14(2)3;/h14-16H,5-13H2,1-4H3,(H2,20,21,22);1H. The molecule has 2 rings (SSSR count). The molecule has 2 aliphatic heterocycles. The molecular formula is C19H36IN5O2. The average molecular weight is 493 g/mol. The Kier molecular flexibility index (Phi) is 10.4. The maximum Gasteiger partial charge on any atom is 0.225 e. The van der Waals surface area contributed by atoms with E-state index in [9.17, 15) is 9.59 Å². The second kappa shape index (κ2) is 11.7. The molecule has 2 atom stereocenters. The van der Waals surface area contributed by atoms with Gasteiger partial charge in [0, 0.05) is 57.6 Å². The van der Waals surface area contributed by atoms with E-state index in [2.05, 4.69) is 22.5 Å². The van der Waals surface area contributed by atoms with Gasteiger partial charge in [0.15, 0.2) is 5.96 Å². The van der Waals surface area contributed by atoms with E-state index in [1.165, 1.54) is 0 Å². The summed E-state index contributed by atoms with van der Waals surface area (Å²) in [4.78, 5) is 32.3. The smallest absolute Gasteiger partial charge is 0.225 e. The van der Waals surface area contributed by atoms with Gasteiger partial charge in [-0.25, -0.2) is 0 Å². The number of likely N-dealkylation sites (tertiary alicyclic amines) is 2. The van der Waals surface area contributed by atoms with E-state index in [4.69, 9.17) is 0 Å².